The number of hydrogen-bond donors (Lipinski definition) is 1. The molecule has 0 unspecified atom stereocenters. The van der Waals surface area contributed by atoms with Crippen LogP contribution in [0.25, 0.3) is 22.0 Å². The number of nitrogens with two attached hydrogens (primary N) is 1. The first kappa shape index (κ1) is 13.1. The summed E-state index contributed by atoms with van der Waals surface area (Å²) in [6.45, 7) is 0. The van der Waals surface area contributed by atoms with Crippen LogP contribution in [0.5, 0.6) is 5.75 Å². The number of carbonyl (C=O) groups excluding carboxylic acids is 1. The van der Waals surface area contributed by atoms with Gasteiger partial charge in [-0.15, -0.1) is 0 Å². The molecule has 0 bridgehead atoms. The molecule has 0 aliphatic heterocycles. The van der Waals surface area contributed by atoms with Gasteiger partial charge >= 0.3 is 0 Å². The largest absolute Gasteiger partial charge is 0.497 e. The Morgan fingerprint density at radius 2 is 1.86 bits per heavy atom. The van der Waals surface area contributed by atoms with Gasteiger partial charge in [0.1, 0.15) is 11.4 Å². The Bertz CT molecular complexity index is 813. The first-order valence-electron chi connectivity index (χ1n) is 6.38. The second kappa shape index (κ2) is 5.20. The van der Waals surface area contributed by atoms with E-state index in [0.717, 1.165) is 22.3 Å². The van der Waals surface area contributed by atoms with Gasteiger partial charge in [0.15, 0.2) is 0 Å². The van der Waals surface area contributed by atoms with Crippen molar-refractivity contribution in [2.24, 2.45) is 5.73 Å². The summed E-state index contributed by atoms with van der Waals surface area (Å²) in [6, 6.07) is 11.0. The lowest BCUT2D eigenvalue weighted by Gasteiger charge is -2.07. The van der Waals surface area contributed by atoms with Crippen molar-refractivity contribution in [2.45, 2.75) is 0 Å². The molecular weight excluding hydrogens is 266 g/mol. The monoisotopic (exact) mass is 279 g/mol. The van der Waals surface area contributed by atoms with Gasteiger partial charge in [0, 0.05) is 23.3 Å². The Balaban J connectivity index is 2.20. The van der Waals surface area contributed by atoms with Crippen LogP contribution in [0.15, 0.2) is 48.8 Å². The number of benzene rings is 1. The van der Waals surface area contributed by atoms with Gasteiger partial charge in [-0.1, -0.05) is 12.1 Å². The third kappa shape index (κ3) is 2.41. The minimum absolute atomic E-state index is 0.239. The second-order valence-corrected chi connectivity index (χ2v) is 4.55. The SMILES string of the molecule is COc1ccc(-c2cncc3ccc(C(N)=O)nc23)cc1. The first-order chi connectivity index (χ1) is 10.2. The number of amides is 1. The summed E-state index contributed by atoms with van der Waals surface area (Å²) < 4.78 is 5.15. The average Bonchev–Trinajstić information content (AvgIpc) is 2.54. The molecule has 2 aromatic heterocycles. The molecule has 3 aromatic rings. The molecule has 0 aliphatic carbocycles. The summed E-state index contributed by atoms with van der Waals surface area (Å²) >= 11 is 0. The summed E-state index contributed by atoms with van der Waals surface area (Å²) in [5, 5.41) is 0.855. The molecule has 2 heterocycles. The number of aromatic nitrogens is 2. The van der Waals surface area contributed by atoms with Crippen molar-refractivity contribution in [3.8, 4) is 16.9 Å². The Morgan fingerprint density at radius 1 is 1.10 bits per heavy atom. The van der Waals surface area contributed by atoms with Gasteiger partial charge in [0.05, 0.1) is 12.6 Å². The van der Waals surface area contributed by atoms with E-state index in [1.807, 2.05) is 24.3 Å². The molecule has 104 valence electrons. The molecule has 1 amide bonds. The van der Waals surface area contributed by atoms with Gasteiger partial charge < -0.3 is 10.5 Å². The Morgan fingerprint density at radius 3 is 2.52 bits per heavy atom. The van der Waals surface area contributed by atoms with E-state index < -0.39 is 5.91 Å². The fourth-order valence-electron chi connectivity index (χ4n) is 2.16. The highest BCUT2D eigenvalue weighted by Gasteiger charge is 2.09. The maximum Gasteiger partial charge on any atom is 0.267 e. The Hall–Kier alpha value is -2.95. The summed E-state index contributed by atoms with van der Waals surface area (Å²) in [5.74, 6) is 0.229. The van der Waals surface area contributed by atoms with Crippen molar-refractivity contribution < 1.29 is 9.53 Å². The highest BCUT2D eigenvalue weighted by molar-refractivity contribution is 5.97. The molecule has 5 heteroatoms. The van der Waals surface area contributed by atoms with Crippen LogP contribution >= 0.6 is 0 Å². The maximum atomic E-state index is 11.3. The average molecular weight is 279 g/mol. The minimum Gasteiger partial charge on any atom is -0.497 e. The van der Waals surface area contributed by atoms with Gasteiger partial charge in [0.25, 0.3) is 5.91 Å². The number of rotatable bonds is 3. The number of carbonyl (C=O) groups is 1. The number of methoxy groups -OCH3 is 1. The summed E-state index contributed by atoms with van der Waals surface area (Å²) in [5.41, 5.74) is 8.03. The van der Waals surface area contributed by atoms with E-state index in [9.17, 15) is 4.79 Å². The zero-order chi connectivity index (χ0) is 14.8. The van der Waals surface area contributed by atoms with Crippen LogP contribution in [0.3, 0.4) is 0 Å². The third-order valence-electron chi connectivity index (χ3n) is 3.25. The molecule has 3 rings (SSSR count). The molecular formula is C16H13N3O2. The van der Waals surface area contributed by atoms with Gasteiger partial charge in [-0.3, -0.25) is 9.78 Å². The van der Waals surface area contributed by atoms with Crippen LogP contribution in [-0.2, 0) is 0 Å². The number of primary amides is 1. The van der Waals surface area contributed by atoms with Crippen LogP contribution in [0, 0.1) is 0 Å². The van der Waals surface area contributed by atoms with E-state index in [1.165, 1.54) is 0 Å². The zero-order valence-electron chi connectivity index (χ0n) is 11.4. The number of fused-ring (bicyclic) bond motifs is 1. The molecule has 0 spiro atoms. The van der Waals surface area contributed by atoms with Gasteiger partial charge in [-0.2, -0.15) is 0 Å². The normalized spacial score (nSPS) is 10.5. The van der Waals surface area contributed by atoms with Crippen LogP contribution in [0.2, 0.25) is 0 Å². The lowest BCUT2D eigenvalue weighted by atomic mass is 10.0. The fraction of sp³-hybridized carbons (Fsp3) is 0.0625. The van der Waals surface area contributed by atoms with Crippen LogP contribution in [0.4, 0.5) is 0 Å². The molecule has 0 atom stereocenters. The van der Waals surface area contributed by atoms with E-state index in [1.54, 1.807) is 31.6 Å². The molecule has 21 heavy (non-hydrogen) atoms. The third-order valence-corrected chi connectivity index (χ3v) is 3.25. The van der Waals surface area contributed by atoms with Gasteiger partial charge in [-0.25, -0.2) is 4.98 Å². The number of nitrogens with zero attached hydrogens (tertiary/aromatic N) is 2. The highest BCUT2D eigenvalue weighted by Crippen LogP contribution is 2.27. The van der Waals surface area contributed by atoms with Crippen LogP contribution in [0.1, 0.15) is 10.5 Å². The number of hydrogen-bond acceptors (Lipinski definition) is 4. The molecule has 0 fully saturated rings. The van der Waals surface area contributed by atoms with E-state index in [4.69, 9.17) is 10.5 Å². The minimum atomic E-state index is -0.547. The quantitative estimate of drug-likeness (QED) is 0.798. The van der Waals surface area contributed by atoms with E-state index in [0.29, 0.717) is 5.52 Å². The Labute approximate surface area is 121 Å². The summed E-state index contributed by atoms with van der Waals surface area (Å²) in [7, 11) is 1.62. The van der Waals surface area contributed by atoms with Crippen molar-refractivity contribution in [1.82, 2.24) is 9.97 Å². The molecule has 0 saturated heterocycles. The predicted octanol–water partition coefficient (Wildman–Crippen LogP) is 2.40. The van der Waals surface area contributed by atoms with Gasteiger partial charge in [0.2, 0.25) is 0 Å². The van der Waals surface area contributed by atoms with Crippen molar-refractivity contribution in [1.29, 1.82) is 0 Å². The zero-order valence-corrected chi connectivity index (χ0v) is 11.4. The molecule has 0 saturated carbocycles. The highest BCUT2D eigenvalue weighted by atomic mass is 16.5. The molecule has 0 radical (unpaired) electrons. The molecule has 2 N–H and O–H groups in total. The second-order valence-electron chi connectivity index (χ2n) is 4.55. The number of pyridine rings is 2. The molecule has 1 aromatic carbocycles. The molecule has 5 nitrogen and oxygen atoms in total. The summed E-state index contributed by atoms with van der Waals surface area (Å²) in [4.78, 5) is 19.9. The van der Waals surface area contributed by atoms with Crippen molar-refractivity contribution in [2.75, 3.05) is 7.11 Å². The van der Waals surface area contributed by atoms with Crippen LogP contribution < -0.4 is 10.5 Å². The Kier molecular flexibility index (Phi) is 3.23. The standard InChI is InChI=1S/C16H13N3O2/c1-21-12-5-2-10(3-6-12)13-9-18-8-11-4-7-14(16(17)20)19-15(11)13/h2-9H,1H3,(H2,17,20). The fourth-order valence-corrected chi connectivity index (χ4v) is 2.16. The molecule has 0 aliphatic rings. The predicted molar refractivity (Wildman–Crippen MR) is 80.0 cm³/mol. The lowest BCUT2D eigenvalue weighted by molar-refractivity contribution is 0.0996. The van der Waals surface area contributed by atoms with Crippen molar-refractivity contribution >= 4 is 16.8 Å². The van der Waals surface area contributed by atoms with Crippen LogP contribution in [-0.4, -0.2) is 23.0 Å². The summed E-state index contributed by atoms with van der Waals surface area (Å²) in [6.07, 6.45) is 3.43. The number of ether oxygens (including phenoxy) is 1. The lowest BCUT2D eigenvalue weighted by Crippen LogP contribution is -2.12. The maximum absolute atomic E-state index is 11.3. The van der Waals surface area contributed by atoms with E-state index >= 15 is 0 Å². The topological polar surface area (TPSA) is 78.1 Å². The van der Waals surface area contributed by atoms with Crippen molar-refractivity contribution in [3.05, 3.63) is 54.5 Å². The van der Waals surface area contributed by atoms with E-state index in [2.05, 4.69) is 9.97 Å². The van der Waals surface area contributed by atoms with Gasteiger partial charge in [-0.05, 0) is 29.8 Å². The van der Waals surface area contributed by atoms with E-state index in [-0.39, 0.29) is 5.69 Å². The smallest absolute Gasteiger partial charge is 0.267 e. The first-order valence-corrected chi connectivity index (χ1v) is 6.38. The van der Waals surface area contributed by atoms with Crippen molar-refractivity contribution in [3.63, 3.8) is 0 Å².